The number of hydrogen-bond acceptors (Lipinski definition) is 2. The molecule has 4 nitrogen and oxygen atoms in total. The van der Waals surface area contributed by atoms with Crippen molar-refractivity contribution in [1.82, 2.24) is 5.32 Å². The molecule has 2 N–H and O–H groups in total. The van der Waals surface area contributed by atoms with Crippen LogP contribution in [0.3, 0.4) is 0 Å². The van der Waals surface area contributed by atoms with E-state index in [0.717, 1.165) is 11.1 Å². The second-order valence-corrected chi connectivity index (χ2v) is 4.72. The first-order chi connectivity index (χ1) is 7.93. The van der Waals surface area contributed by atoms with Crippen LogP contribution in [0.5, 0.6) is 0 Å². The first-order valence-electron chi connectivity index (χ1n) is 5.57. The van der Waals surface area contributed by atoms with Crippen LogP contribution in [-0.4, -0.2) is 22.5 Å². The van der Waals surface area contributed by atoms with Crippen molar-refractivity contribution < 1.29 is 14.7 Å². The Morgan fingerprint density at radius 2 is 1.71 bits per heavy atom. The lowest BCUT2D eigenvalue weighted by molar-refractivity contribution is -0.140. The summed E-state index contributed by atoms with van der Waals surface area (Å²) in [5.41, 5.74) is 1.50. The molecule has 0 atom stereocenters. The number of benzene rings is 1. The third-order valence-electron chi connectivity index (χ3n) is 3.00. The number of amides is 1. The van der Waals surface area contributed by atoms with Crippen LogP contribution in [-0.2, 0) is 4.79 Å². The van der Waals surface area contributed by atoms with Gasteiger partial charge in [-0.3, -0.25) is 4.79 Å². The predicted molar refractivity (Wildman–Crippen MR) is 63.0 cm³/mol. The first-order valence-corrected chi connectivity index (χ1v) is 5.57. The summed E-state index contributed by atoms with van der Waals surface area (Å²) in [5, 5.41) is 11.6. The Bertz CT molecular complexity index is 469. The molecule has 1 fully saturated rings. The average molecular weight is 233 g/mol. The Balaban J connectivity index is 2.18. The van der Waals surface area contributed by atoms with E-state index in [9.17, 15) is 9.59 Å². The van der Waals surface area contributed by atoms with Crippen molar-refractivity contribution in [3.8, 4) is 0 Å². The summed E-state index contributed by atoms with van der Waals surface area (Å²) < 4.78 is 0. The van der Waals surface area contributed by atoms with Gasteiger partial charge in [-0.2, -0.15) is 0 Å². The van der Waals surface area contributed by atoms with Crippen LogP contribution in [0.1, 0.15) is 34.3 Å². The number of nitrogens with one attached hydrogen (secondary N) is 1. The minimum Gasteiger partial charge on any atom is -0.480 e. The van der Waals surface area contributed by atoms with Gasteiger partial charge in [0.1, 0.15) is 5.54 Å². The van der Waals surface area contributed by atoms with Crippen molar-refractivity contribution in [2.45, 2.75) is 32.2 Å². The summed E-state index contributed by atoms with van der Waals surface area (Å²) in [6, 6.07) is 5.50. The Morgan fingerprint density at radius 1 is 1.18 bits per heavy atom. The van der Waals surface area contributed by atoms with Gasteiger partial charge >= 0.3 is 5.97 Å². The summed E-state index contributed by atoms with van der Waals surface area (Å²) >= 11 is 0. The van der Waals surface area contributed by atoms with Gasteiger partial charge in [0.25, 0.3) is 5.91 Å². The van der Waals surface area contributed by atoms with Crippen molar-refractivity contribution in [1.29, 1.82) is 0 Å². The smallest absolute Gasteiger partial charge is 0.329 e. The topological polar surface area (TPSA) is 66.4 Å². The van der Waals surface area contributed by atoms with E-state index < -0.39 is 11.5 Å². The molecule has 0 aromatic heterocycles. The van der Waals surface area contributed by atoms with Crippen LogP contribution in [0.15, 0.2) is 18.2 Å². The van der Waals surface area contributed by atoms with Gasteiger partial charge in [-0.1, -0.05) is 17.2 Å². The van der Waals surface area contributed by atoms with Gasteiger partial charge in [0.05, 0.1) is 0 Å². The normalized spacial score (nSPS) is 16.4. The molecular formula is C13H15NO3. The predicted octanol–water partition coefficient (Wildman–Crippen LogP) is 1.65. The lowest BCUT2D eigenvalue weighted by Crippen LogP contribution is -2.43. The number of aliphatic carboxylic acids is 1. The zero-order valence-corrected chi connectivity index (χ0v) is 9.91. The van der Waals surface area contributed by atoms with E-state index in [1.54, 1.807) is 12.1 Å². The Kier molecular flexibility index (Phi) is 2.65. The molecule has 90 valence electrons. The van der Waals surface area contributed by atoms with Crippen LogP contribution in [0.2, 0.25) is 0 Å². The summed E-state index contributed by atoms with van der Waals surface area (Å²) in [4.78, 5) is 22.9. The highest BCUT2D eigenvalue weighted by Gasteiger charge is 2.51. The standard InChI is InChI=1S/C13H15NO3/c1-8-5-9(2)7-10(6-8)11(15)14-13(3-4-13)12(16)17/h5-7H,3-4H2,1-2H3,(H,14,15)(H,16,17). The maximum atomic E-state index is 11.9. The minimum absolute atomic E-state index is 0.309. The van der Waals surface area contributed by atoms with Gasteiger partial charge in [-0.15, -0.1) is 0 Å². The minimum atomic E-state index is -1.02. The van der Waals surface area contributed by atoms with Gasteiger partial charge < -0.3 is 10.4 Å². The van der Waals surface area contributed by atoms with E-state index in [0.29, 0.717) is 18.4 Å². The van der Waals surface area contributed by atoms with Gasteiger partial charge in [0.2, 0.25) is 0 Å². The van der Waals surface area contributed by atoms with E-state index in [2.05, 4.69) is 5.32 Å². The Morgan fingerprint density at radius 3 is 2.12 bits per heavy atom. The highest BCUT2D eigenvalue weighted by molar-refractivity contribution is 5.99. The van der Waals surface area contributed by atoms with Crippen LogP contribution in [0, 0.1) is 13.8 Å². The summed E-state index contributed by atoms with van der Waals surface area (Å²) in [5.74, 6) is -1.26. The zero-order valence-electron chi connectivity index (χ0n) is 9.91. The van der Waals surface area contributed by atoms with Crippen molar-refractivity contribution in [2.24, 2.45) is 0 Å². The molecule has 1 aliphatic carbocycles. The molecule has 0 unspecified atom stereocenters. The van der Waals surface area contributed by atoms with E-state index in [-0.39, 0.29) is 5.91 Å². The maximum absolute atomic E-state index is 11.9. The fraction of sp³-hybridized carbons (Fsp3) is 0.385. The number of carboxylic acid groups (broad SMARTS) is 1. The van der Waals surface area contributed by atoms with E-state index >= 15 is 0 Å². The largest absolute Gasteiger partial charge is 0.480 e. The Labute approximate surface area is 99.6 Å². The molecule has 4 heteroatoms. The number of rotatable bonds is 3. The Hall–Kier alpha value is -1.84. The van der Waals surface area contributed by atoms with Crippen molar-refractivity contribution in [3.63, 3.8) is 0 Å². The quantitative estimate of drug-likeness (QED) is 0.834. The molecule has 1 aliphatic rings. The highest BCUT2D eigenvalue weighted by Crippen LogP contribution is 2.35. The van der Waals surface area contributed by atoms with E-state index in [4.69, 9.17) is 5.11 Å². The molecule has 0 spiro atoms. The van der Waals surface area contributed by atoms with Crippen LogP contribution < -0.4 is 5.32 Å². The number of carboxylic acids is 1. The molecule has 1 aromatic carbocycles. The van der Waals surface area contributed by atoms with Crippen LogP contribution in [0.25, 0.3) is 0 Å². The number of carbonyl (C=O) groups is 2. The van der Waals surface area contributed by atoms with Crippen molar-refractivity contribution >= 4 is 11.9 Å². The van der Waals surface area contributed by atoms with Gasteiger partial charge in [-0.05, 0) is 38.8 Å². The lowest BCUT2D eigenvalue weighted by atomic mass is 10.1. The van der Waals surface area contributed by atoms with Crippen LogP contribution in [0.4, 0.5) is 0 Å². The lowest BCUT2D eigenvalue weighted by Gasteiger charge is -2.13. The third kappa shape index (κ3) is 2.30. The number of carbonyl (C=O) groups excluding carboxylic acids is 1. The molecule has 0 radical (unpaired) electrons. The molecule has 1 saturated carbocycles. The van der Waals surface area contributed by atoms with Gasteiger partial charge in [0, 0.05) is 5.56 Å². The summed E-state index contributed by atoms with van der Waals surface area (Å²) in [6.07, 6.45) is 1.03. The van der Waals surface area contributed by atoms with Crippen LogP contribution >= 0.6 is 0 Å². The van der Waals surface area contributed by atoms with E-state index in [1.807, 2.05) is 19.9 Å². The van der Waals surface area contributed by atoms with Gasteiger partial charge in [0.15, 0.2) is 0 Å². The third-order valence-corrected chi connectivity index (χ3v) is 3.00. The van der Waals surface area contributed by atoms with Crippen molar-refractivity contribution in [3.05, 3.63) is 34.9 Å². The zero-order chi connectivity index (χ0) is 12.6. The monoisotopic (exact) mass is 233 g/mol. The summed E-state index contributed by atoms with van der Waals surface area (Å²) in [7, 11) is 0. The molecule has 0 aliphatic heterocycles. The highest BCUT2D eigenvalue weighted by atomic mass is 16.4. The molecule has 2 rings (SSSR count). The molecule has 17 heavy (non-hydrogen) atoms. The van der Waals surface area contributed by atoms with Crippen molar-refractivity contribution in [2.75, 3.05) is 0 Å². The molecule has 0 heterocycles. The SMILES string of the molecule is Cc1cc(C)cc(C(=O)NC2(C(=O)O)CC2)c1. The van der Waals surface area contributed by atoms with E-state index in [1.165, 1.54) is 0 Å². The fourth-order valence-electron chi connectivity index (χ4n) is 1.91. The fourth-order valence-corrected chi connectivity index (χ4v) is 1.91. The van der Waals surface area contributed by atoms with Gasteiger partial charge in [-0.25, -0.2) is 4.79 Å². The molecule has 0 bridgehead atoms. The second-order valence-electron chi connectivity index (χ2n) is 4.72. The second kappa shape index (κ2) is 3.87. The average Bonchev–Trinajstić information content (AvgIpc) is 2.97. The number of aryl methyl sites for hydroxylation is 2. The maximum Gasteiger partial charge on any atom is 0.329 e. The molecule has 0 saturated heterocycles. The summed E-state index contributed by atoms with van der Waals surface area (Å²) in [6.45, 7) is 3.82. The number of hydrogen-bond donors (Lipinski definition) is 2. The molecule has 1 aromatic rings. The first kappa shape index (κ1) is 11.6. The molecule has 1 amide bonds. The molecular weight excluding hydrogens is 218 g/mol.